The molecule has 2 nitrogen and oxygen atoms in total. The van der Waals surface area contributed by atoms with Gasteiger partial charge in [0.15, 0.2) is 0 Å². The van der Waals surface area contributed by atoms with E-state index in [1.54, 1.807) is 0 Å². The van der Waals surface area contributed by atoms with E-state index in [0.29, 0.717) is 11.9 Å². The van der Waals surface area contributed by atoms with Crippen LogP contribution in [0.5, 0.6) is 0 Å². The summed E-state index contributed by atoms with van der Waals surface area (Å²) in [6, 6.07) is 10.9. The summed E-state index contributed by atoms with van der Waals surface area (Å²) in [5.74, 6) is 3.80. The van der Waals surface area contributed by atoms with E-state index in [9.17, 15) is 4.79 Å². The number of carbonyl (C=O) groups excluding carboxylic acids is 1. The van der Waals surface area contributed by atoms with Gasteiger partial charge >= 0.3 is 0 Å². The van der Waals surface area contributed by atoms with Crippen LogP contribution in [0.4, 0.5) is 0 Å². The predicted molar refractivity (Wildman–Crippen MR) is 86.3 cm³/mol. The molecule has 1 N–H and O–H groups in total. The third kappa shape index (κ3) is 1.89. The van der Waals surface area contributed by atoms with E-state index in [2.05, 4.69) is 29.6 Å². The summed E-state index contributed by atoms with van der Waals surface area (Å²) in [7, 11) is 0. The van der Waals surface area contributed by atoms with Gasteiger partial charge in [-0.3, -0.25) is 4.79 Å². The lowest BCUT2D eigenvalue weighted by molar-refractivity contribution is -0.127. The van der Waals surface area contributed by atoms with Crippen molar-refractivity contribution in [3.63, 3.8) is 0 Å². The molecule has 22 heavy (non-hydrogen) atoms. The standard InChI is InChI=1S/C20H25NO/c22-19(20(6-7-20)17-4-2-1-3-5-17)21-18-15-9-13-8-14(11-15)12-16(18)10-13/h1-5,13-16,18H,6-12H2,(H,21,22). The molecule has 1 aromatic carbocycles. The van der Waals surface area contributed by atoms with E-state index in [-0.39, 0.29) is 5.41 Å². The second-order valence-corrected chi connectivity index (χ2v) is 8.38. The van der Waals surface area contributed by atoms with Crippen LogP contribution >= 0.6 is 0 Å². The highest BCUT2D eigenvalue weighted by molar-refractivity contribution is 5.91. The molecule has 6 rings (SSSR count). The molecular weight excluding hydrogens is 270 g/mol. The van der Waals surface area contributed by atoms with Crippen molar-refractivity contribution in [2.24, 2.45) is 23.7 Å². The lowest BCUT2D eigenvalue weighted by Gasteiger charge is -2.54. The van der Waals surface area contributed by atoms with Gasteiger partial charge in [0.05, 0.1) is 5.41 Å². The summed E-state index contributed by atoms with van der Waals surface area (Å²) in [4.78, 5) is 13.0. The van der Waals surface area contributed by atoms with Crippen LogP contribution in [0.2, 0.25) is 0 Å². The molecular formula is C20H25NO. The first-order valence-electron chi connectivity index (χ1n) is 9.11. The van der Waals surface area contributed by atoms with E-state index in [1.807, 2.05) is 6.07 Å². The van der Waals surface area contributed by atoms with Crippen LogP contribution in [-0.2, 0) is 10.2 Å². The molecule has 0 spiro atoms. The molecule has 0 heterocycles. The Balaban J connectivity index is 1.35. The largest absolute Gasteiger partial charge is 0.352 e. The van der Waals surface area contributed by atoms with E-state index < -0.39 is 0 Å². The number of hydrogen-bond donors (Lipinski definition) is 1. The van der Waals surface area contributed by atoms with Gasteiger partial charge in [0.1, 0.15) is 0 Å². The number of carbonyl (C=O) groups is 1. The highest BCUT2D eigenvalue weighted by Gasteiger charge is 2.54. The fourth-order valence-electron chi connectivity index (χ4n) is 5.98. The van der Waals surface area contributed by atoms with Gasteiger partial charge in [-0.25, -0.2) is 0 Å². The van der Waals surface area contributed by atoms with Crippen LogP contribution in [0.3, 0.4) is 0 Å². The van der Waals surface area contributed by atoms with Gasteiger partial charge in [0.25, 0.3) is 0 Å². The monoisotopic (exact) mass is 295 g/mol. The van der Waals surface area contributed by atoms with Crippen molar-refractivity contribution in [3.8, 4) is 0 Å². The highest BCUT2D eigenvalue weighted by atomic mass is 16.2. The summed E-state index contributed by atoms with van der Waals surface area (Å²) in [6.07, 6.45) is 9.01. The zero-order chi connectivity index (χ0) is 14.7. The molecule has 4 bridgehead atoms. The van der Waals surface area contributed by atoms with Crippen LogP contribution in [0.1, 0.15) is 50.5 Å². The summed E-state index contributed by atoms with van der Waals surface area (Å²) < 4.78 is 0. The van der Waals surface area contributed by atoms with Crippen LogP contribution in [0, 0.1) is 23.7 Å². The van der Waals surface area contributed by atoms with Gasteiger partial charge in [-0.1, -0.05) is 30.3 Å². The lowest BCUT2D eigenvalue weighted by Crippen LogP contribution is -2.57. The molecule has 116 valence electrons. The van der Waals surface area contributed by atoms with Crippen molar-refractivity contribution in [2.45, 2.75) is 56.4 Å². The minimum Gasteiger partial charge on any atom is -0.352 e. The molecule has 5 aliphatic rings. The molecule has 5 aliphatic carbocycles. The number of nitrogens with one attached hydrogen (secondary N) is 1. The second-order valence-electron chi connectivity index (χ2n) is 8.38. The molecule has 0 unspecified atom stereocenters. The number of rotatable bonds is 3. The van der Waals surface area contributed by atoms with Crippen molar-refractivity contribution in [1.29, 1.82) is 0 Å². The first-order chi connectivity index (χ1) is 10.7. The zero-order valence-electron chi connectivity index (χ0n) is 13.1. The first kappa shape index (κ1) is 13.2. The first-order valence-corrected chi connectivity index (χ1v) is 9.11. The Kier molecular flexibility index (Phi) is 2.75. The van der Waals surface area contributed by atoms with Gasteiger partial charge in [-0.2, -0.15) is 0 Å². The van der Waals surface area contributed by atoms with Gasteiger partial charge < -0.3 is 5.32 Å². The maximum absolute atomic E-state index is 13.0. The quantitative estimate of drug-likeness (QED) is 0.906. The summed E-state index contributed by atoms with van der Waals surface area (Å²) in [5.41, 5.74) is 1.02. The van der Waals surface area contributed by atoms with Crippen molar-refractivity contribution in [1.82, 2.24) is 5.32 Å². The van der Waals surface area contributed by atoms with E-state index in [4.69, 9.17) is 0 Å². The highest BCUT2D eigenvalue weighted by Crippen LogP contribution is 2.54. The zero-order valence-corrected chi connectivity index (χ0v) is 13.1. The second kappa shape index (κ2) is 4.59. The summed E-state index contributed by atoms with van der Waals surface area (Å²) >= 11 is 0. The number of amides is 1. The third-order valence-electron chi connectivity index (χ3n) is 7.04. The normalized spacial score (nSPS) is 40.5. The Morgan fingerprint density at radius 1 is 0.909 bits per heavy atom. The van der Waals surface area contributed by atoms with Gasteiger partial charge in [0, 0.05) is 6.04 Å². The minimum absolute atomic E-state index is 0.198. The number of hydrogen-bond acceptors (Lipinski definition) is 1. The molecule has 5 fully saturated rings. The van der Waals surface area contributed by atoms with Crippen LogP contribution in [-0.4, -0.2) is 11.9 Å². The Morgan fingerprint density at radius 3 is 2.05 bits per heavy atom. The topological polar surface area (TPSA) is 29.1 Å². The molecule has 1 aromatic rings. The van der Waals surface area contributed by atoms with Crippen LogP contribution < -0.4 is 5.32 Å². The Morgan fingerprint density at radius 2 is 1.50 bits per heavy atom. The Labute approximate surface area is 132 Å². The summed E-state index contributed by atoms with van der Waals surface area (Å²) in [6.45, 7) is 0. The van der Waals surface area contributed by atoms with Crippen molar-refractivity contribution < 1.29 is 4.79 Å². The SMILES string of the molecule is O=C(NC1C2CC3CC(C2)CC1C3)C1(c2ccccc2)CC1. The van der Waals surface area contributed by atoms with Crippen molar-refractivity contribution in [3.05, 3.63) is 35.9 Å². The number of benzene rings is 1. The average Bonchev–Trinajstić information content (AvgIpc) is 3.33. The maximum atomic E-state index is 13.0. The van der Waals surface area contributed by atoms with E-state index in [0.717, 1.165) is 36.5 Å². The van der Waals surface area contributed by atoms with E-state index >= 15 is 0 Å². The van der Waals surface area contributed by atoms with Crippen LogP contribution in [0.15, 0.2) is 30.3 Å². The van der Waals surface area contributed by atoms with Gasteiger partial charge in [-0.15, -0.1) is 0 Å². The Bertz CT molecular complexity index is 561. The molecule has 0 saturated heterocycles. The molecule has 0 radical (unpaired) electrons. The van der Waals surface area contributed by atoms with Crippen LogP contribution in [0.25, 0.3) is 0 Å². The maximum Gasteiger partial charge on any atom is 0.230 e. The smallest absolute Gasteiger partial charge is 0.230 e. The van der Waals surface area contributed by atoms with Gasteiger partial charge in [-0.05, 0) is 74.2 Å². The fraction of sp³-hybridized carbons (Fsp3) is 0.650. The molecule has 1 amide bonds. The third-order valence-corrected chi connectivity index (χ3v) is 7.04. The van der Waals surface area contributed by atoms with Crippen molar-refractivity contribution in [2.75, 3.05) is 0 Å². The van der Waals surface area contributed by atoms with Gasteiger partial charge in [0.2, 0.25) is 5.91 Å². The predicted octanol–water partition coefficient (Wildman–Crippen LogP) is 3.66. The molecule has 5 saturated carbocycles. The lowest BCUT2D eigenvalue weighted by atomic mass is 9.54. The summed E-state index contributed by atoms with van der Waals surface area (Å²) in [5, 5.41) is 3.52. The Hall–Kier alpha value is -1.31. The minimum atomic E-state index is -0.198. The molecule has 0 aliphatic heterocycles. The molecule has 0 aromatic heterocycles. The van der Waals surface area contributed by atoms with Crippen molar-refractivity contribution >= 4 is 5.91 Å². The molecule has 2 heteroatoms. The average molecular weight is 295 g/mol. The molecule has 0 atom stereocenters. The fourth-order valence-corrected chi connectivity index (χ4v) is 5.98. The van der Waals surface area contributed by atoms with E-state index in [1.165, 1.54) is 37.7 Å².